The highest BCUT2D eigenvalue weighted by atomic mass is 16.7. The maximum absolute atomic E-state index is 12.3. The van der Waals surface area contributed by atoms with Crippen LogP contribution in [0.2, 0.25) is 0 Å². The zero-order chi connectivity index (χ0) is 15.0. The SMILES string of the molecule is CC(C)N1C[C@H](C(=O)Nc2ccc3c(c2)OCO3)CC1=O. The van der Waals surface area contributed by atoms with Crippen molar-refractivity contribution in [1.29, 1.82) is 0 Å². The van der Waals surface area contributed by atoms with Gasteiger partial charge in [0.2, 0.25) is 18.6 Å². The van der Waals surface area contributed by atoms with Gasteiger partial charge in [-0.1, -0.05) is 0 Å². The Morgan fingerprint density at radius 1 is 1.33 bits per heavy atom. The first-order chi connectivity index (χ1) is 10.0. The number of likely N-dealkylation sites (tertiary alicyclic amines) is 1. The van der Waals surface area contributed by atoms with Crippen LogP contribution in [-0.4, -0.2) is 36.1 Å². The Morgan fingerprint density at radius 2 is 2.10 bits per heavy atom. The number of amides is 2. The Balaban J connectivity index is 1.66. The molecule has 2 amide bonds. The molecule has 112 valence electrons. The van der Waals surface area contributed by atoms with E-state index < -0.39 is 0 Å². The highest BCUT2D eigenvalue weighted by molar-refractivity contribution is 5.97. The lowest BCUT2D eigenvalue weighted by atomic mass is 10.1. The maximum atomic E-state index is 12.3. The van der Waals surface area contributed by atoms with Gasteiger partial charge in [0.1, 0.15) is 0 Å². The standard InChI is InChI=1S/C15H18N2O4/c1-9(2)17-7-10(5-14(17)18)15(19)16-11-3-4-12-13(6-11)21-8-20-12/h3-4,6,9-10H,5,7-8H2,1-2H3,(H,16,19)/t10-/m1/s1. The van der Waals surface area contributed by atoms with Gasteiger partial charge in [-0.15, -0.1) is 0 Å². The van der Waals surface area contributed by atoms with Crippen LogP contribution in [-0.2, 0) is 9.59 Å². The van der Waals surface area contributed by atoms with Crippen LogP contribution in [0.3, 0.4) is 0 Å². The van der Waals surface area contributed by atoms with Crippen LogP contribution in [0.1, 0.15) is 20.3 Å². The summed E-state index contributed by atoms with van der Waals surface area (Å²) in [5.74, 6) is 0.903. The molecular weight excluding hydrogens is 272 g/mol. The lowest BCUT2D eigenvalue weighted by molar-refractivity contribution is -0.129. The van der Waals surface area contributed by atoms with Crippen molar-refractivity contribution in [3.63, 3.8) is 0 Å². The zero-order valence-corrected chi connectivity index (χ0v) is 12.1. The fourth-order valence-corrected chi connectivity index (χ4v) is 2.62. The molecule has 0 radical (unpaired) electrons. The van der Waals surface area contributed by atoms with E-state index in [2.05, 4.69) is 5.32 Å². The Hall–Kier alpha value is -2.24. The smallest absolute Gasteiger partial charge is 0.231 e. The Morgan fingerprint density at radius 3 is 2.81 bits per heavy atom. The summed E-state index contributed by atoms with van der Waals surface area (Å²) in [5.41, 5.74) is 0.652. The van der Waals surface area contributed by atoms with Crippen molar-refractivity contribution in [2.24, 2.45) is 5.92 Å². The van der Waals surface area contributed by atoms with Crippen LogP contribution in [0.15, 0.2) is 18.2 Å². The summed E-state index contributed by atoms with van der Waals surface area (Å²) in [5, 5.41) is 2.84. The topological polar surface area (TPSA) is 67.9 Å². The number of carbonyl (C=O) groups is 2. The number of rotatable bonds is 3. The van der Waals surface area contributed by atoms with Gasteiger partial charge in [-0.2, -0.15) is 0 Å². The van der Waals surface area contributed by atoms with Gasteiger partial charge in [0, 0.05) is 30.8 Å². The molecule has 6 nitrogen and oxygen atoms in total. The van der Waals surface area contributed by atoms with Crippen LogP contribution < -0.4 is 14.8 Å². The molecule has 1 N–H and O–H groups in total. The molecule has 0 saturated carbocycles. The highest BCUT2D eigenvalue weighted by Gasteiger charge is 2.35. The molecule has 2 aliphatic heterocycles. The predicted octanol–water partition coefficient (Wildman–Crippen LogP) is 1.61. The van der Waals surface area contributed by atoms with Crippen molar-refractivity contribution in [2.75, 3.05) is 18.7 Å². The quantitative estimate of drug-likeness (QED) is 0.918. The first-order valence-corrected chi connectivity index (χ1v) is 7.04. The predicted molar refractivity (Wildman–Crippen MR) is 76.2 cm³/mol. The van der Waals surface area contributed by atoms with Gasteiger partial charge in [-0.05, 0) is 26.0 Å². The first-order valence-electron chi connectivity index (χ1n) is 7.04. The molecule has 6 heteroatoms. The Bertz CT molecular complexity index is 585. The molecule has 0 unspecified atom stereocenters. The third-order valence-electron chi connectivity index (χ3n) is 3.79. The summed E-state index contributed by atoms with van der Waals surface area (Å²) in [4.78, 5) is 25.9. The molecule has 1 aromatic rings. The number of hydrogen-bond donors (Lipinski definition) is 1. The molecule has 3 rings (SSSR count). The molecule has 1 saturated heterocycles. The van der Waals surface area contributed by atoms with E-state index in [-0.39, 0.29) is 37.0 Å². The lowest BCUT2D eigenvalue weighted by Crippen LogP contribution is -2.33. The average molecular weight is 290 g/mol. The minimum atomic E-state index is -0.301. The van der Waals surface area contributed by atoms with E-state index in [9.17, 15) is 9.59 Å². The summed E-state index contributed by atoms with van der Waals surface area (Å²) < 4.78 is 10.5. The minimum absolute atomic E-state index is 0.0378. The number of ether oxygens (including phenoxy) is 2. The van der Waals surface area contributed by atoms with Crippen molar-refractivity contribution in [2.45, 2.75) is 26.3 Å². The number of benzene rings is 1. The second-order valence-corrected chi connectivity index (χ2v) is 5.60. The van der Waals surface area contributed by atoms with E-state index in [1.54, 1.807) is 23.1 Å². The van der Waals surface area contributed by atoms with Crippen molar-refractivity contribution in [3.8, 4) is 11.5 Å². The zero-order valence-electron chi connectivity index (χ0n) is 12.1. The highest BCUT2D eigenvalue weighted by Crippen LogP contribution is 2.34. The molecule has 1 atom stereocenters. The number of nitrogens with one attached hydrogen (secondary N) is 1. The number of carbonyl (C=O) groups excluding carboxylic acids is 2. The van der Waals surface area contributed by atoms with Gasteiger partial charge in [0.25, 0.3) is 0 Å². The number of nitrogens with zero attached hydrogens (tertiary/aromatic N) is 1. The second-order valence-electron chi connectivity index (χ2n) is 5.60. The summed E-state index contributed by atoms with van der Waals surface area (Å²) in [6.07, 6.45) is 0.272. The van der Waals surface area contributed by atoms with E-state index >= 15 is 0 Å². The maximum Gasteiger partial charge on any atom is 0.231 e. The number of hydrogen-bond acceptors (Lipinski definition) is 4. The monoisotopic (exact) mass is 290 g/mol. The summed E-state index contributed by atoms with van der Waals surface area (Å²) in [6, 6.07) is 5.39. The molecular formula is C15H18N2O4. The van der Waals surface area contributed by atoms with E-state index in [1.807, 2.05) is 13.8 Å². The van der Waals surface area contributed by atoms with Crippen molar-refractivity contribution in [3.05, 3.63) is 18.2 Å². The summed E-state index contributed by atoms with van der Waals surface area (Å²) in [7, 11) is 0. The van der Waals surface area contributed by atoms with Crippen molar-refractivity contribution >= 4 is 17.5 Å². The van der Waals surface area contributed by atoms with Gasteiger partial charge in [0.05, 0.1) is 5.92 Å². The molecule has 1 aromatic carbocycles. The van der Waals surface area contributed by atoms with Crippen LogP contribution in [0.5, 0.6) is 11.5 Å². The number of anilines is 1. The lowest BCUT2D eigenvalue weighted by Gasteiger charge is -2.20. The molecule has 0 aliphatic carbocycles. The molecule has 2 aliphatic rings. The third-order valence-corrected chi connectivity index (χ3v) is 3.79. The van der Waals surface area contributed by atoms with E-state index in [4.69, 9.17) is 9.47 Å². The average Bonchev–Trinajstić information content (AvgIpc) is 3.04. The van der Waals surface area contributed by atoms with Gasteiger partial charge in [0.15, 0.2) is 11.5 Å². The molecule has 21 heavy (non-hydrogen) atoms. The fourth-order valence-electron chi connectivity index (χ4n) is 2.62. The van der Waals surface area contributed by atoms with E-state index in [0.29, 0.717) is 23.7 Å². The molecule has 0 bridgehead atoms. The van der Waals surface area contributed by atoms with E-state index in [0.717, 1.165) is 0 Å². The largest absolute Gasteiger partial charge is 0.454 e. The van der Waals surface area contributed by atoms with Crippen LogP contribution in [0.25, 0.3) is 0 Å². The first kappa shape index (κ1) is 13.7. The fraction of sp³-hybridized carbons (Fsp3) is 0.467. The molecule has 0 spiro atoms. The normalized spacial score (nSPS) is 20.2. The molecule has 2 heterocycles. The minimum Gasteiger partial charge on any atom is -0.454 e. The summed E-state index contributed by atoms with van der Waals surface area (Å²) >= 11 is 0. The van der Waals surface area contributed by atoms with Gasteiger partial charge in [-0.3, -0.25) is 9.59 Å². The van der Waals surface area contributed by atoms with Crippen LogP contribution in [0.4, 0.5) is 5.69 Å². The van der Waals surface area contributed by atoms with Crippen molar-refractivity contribution < 1.29 is 19.1 Å². The number of fused-ring (bicyclic) bond motifs is 1. The molecule has 1 fully saturated rings. The van der Waals surface area contributed by atoms with Crippen LogP contribution in [0, 0.1) is 5.92 Å². The van der Waals surface area contributed by atoms with E-state index in [1.165, 1.54) is 0 Å². The Labute approximate surface area is 123 Å². The molecule has 0 aromatic heterocycles. The third kappa shape index (κ3) is 2.66. The van der Waals surface area contributed by atoms with Gasteiger partial charge in [-0.25, -0.2) is 0 Å². The van der Waals surface area contributed by atoms with Gasteiger partial charge < -0.3 is 19.7 Å². The second kappa shape index (κ2) is 5.27. The van der Waals surface area contributed by atoms with Crippen LogP contribution >= 0.6 is 0 Å². The van der Waals surface area contributed by atoms with Crippen molar-refractivity contribution in [1.82, 2.24) is 4.90 Å². The summed E-state index contributed by atoms with van der Waals surface area (Å²) in [6.45, 7) is 4.59. The Kier molecular flexibility index (Phi) is 3.45. The van der Waals surface area contributed by atoms with Gasteiger partial charge >= 0.3 is 0 Å².